The molecule has 164 valence electrons. The van der Waals surface area contributed by atoms with Gasteiger partial charge in [-0.1, -0.05) is 42.5 Å². The van der Waals surface area contributed by atoms with Gasteiger partial charge in [-0.25, -0.2) is 4.79 Å². The number of benzene rings is 3. The molecule has 1 amide bonds. The van der Waals surface area contributed by atoms with E-state index in [2.05, 4.69) is 17.0 Å². The fraction of sp³-hybridized carbons (Fsp3) is 0.231. The summed E-state index contributed by atoms with van der Waals surface area (Å²) >= 11 is 0. The number of hydrogen-bond donors (Lipinski definition) is 1. The molecule has 0 saturated carbocycles. The van der Waals surface area contributed by atoms with E-state index in [9.17, 15) is 9.59 Å². The first-order valence-corrected chi connectivity index (χ1v) is 10.7. The molecule has 6 heteroatoms. The maximum absolute atomic E-state index is 12.6. The van der Waals surface area contributed by atoms with Gasteiger partial charge in [0, 0.05) is 39.1 Å². The molecule has 1 aliphatic heterocycles. The molecule has 6 nitrogen and oxygen atoms in total. The number of amides is 1. The number of ether oxygens (including phenoxy) is 1. The Bertz CT molecular complexity index is 1050. The van der Waals surface area contributed by atoms with Crippen LogP contribution < -0.4 is 4.74 Å². The number of carboxylic acids is 1. The lowest BCUT2D eigenvalue weighted by atomic mass is 10.1. The van der Waals surface area contributed by atoms with Gasteiger partial charge in [0.1, 0.15) is 11.5 Å². The molecule has 0 radical (unpaired) electrons. The van der Waals surface area contributed by atoms with Crippen LogP contribution in [0.4, 0.5) is 0 Å². The van der Waals surface area contributed by atoms with E-state index in [-0.39, 0.29) is 11.5 Å². The SMILES string of the molecule is O=C(O)c1ccc(CN2CCN(Cc3ccc(Oc4ccccc4)cc3)CCC2=O)cc1. The summed E-state index contributed by atoms with van der Waals surface area (Å²) in [6.07, 6.45) is 0.475. The zero-order chi connectivity index (χ0) is 22.3. The predicted molar refractivity (Wildman–Crippen MR) is 122 cm³/mol. The van der Waals surface area contributed by atoms with Crippen molar-refractivity contribution in [2.45, 2.75) is 19.5 Å². The molecule has 0 aliphatic carbocycles. The Morgan fingerprint density at radius 3 is 2.09 bits per heavy atom. The van der Waals surface area contributed by atoms with Gasteiger partial charge >= 0.3 is 5.97 Å². The topological polar surface area (TPSA) is 70.1 Å². The largest absolute Gasteiger partial charge is 0.478 e. The highest BCUT2D eigenvalue weighted by Crippen LogP contribution is 2.22. The van der Waals surface area contributed by atoms with Crippen molar-refractivity contribution in [2.75, 3.05) is 19.6 Å². The molecule has 0 atom stereocenters. The number of rotatable bonds is 7. The number of carbonyl (C=O) groups excluding carboxylic acids is 1. The van der Waals surface area contributed by atoms with Crippen molar-refractivity contribution < 1.29 is 19.4 Å². The van der Waals surface area contributed by atoms with E-state index in [1.165, 1.54) is 5.56 Å². The second kappa shape index (κ2) is 10.1. The summed E-state index contributed by atoms with van der Waals surface area (Å²) in [7, 11) is 0. The lowest BCUT2D eigenvalue weighted by molar-refractivity contribution is -0.130. The van der Waals surface area contributed by atoms with Crippen LogP contribution in [0.15, 0.2) is 78.9 Å². The first-order chi connectivity index (χ1) is 15.6. The molecule has 0 aromatic heterocycles. The number of carboxylic acid groups (broad SMARTS) is 1. The molecule has 1 fully saturated rings. The average Bonchev–Trinajstić information content (AvgIpc) is 2.98. The van der Waals surface area contributed by atoms with Crippen LogP contribution in [0.5, 0.6) is 11.5 Å². The van der Waals surface area contributed by atoms with Gasteiger partial charge in [-0.15, -0.1) is 0 Å². The molecular formula is C26H26N2O4. The molecule has 32 heavy (non-hydrogen) atoms. The van der Waals surface area contributed by atoms with Crippen LogP contribution in [0.25, 0.3) is 0 Å². The monoisotopic (exact) mass is 430 g/mol. The summed E-state index contributed by atoms with van der Waals surface area (Å²) in [6.45, 7) is 3.43. The molecule has 4 rings (SSSR count). The van der Waals surface area contributed by atoms with Gasteiger partial charge in [-0.05, 0) is 47.5 Å². The minimum atomic E-state index is -0.947. The van der Waals surface area contributed by atoms with E-state index in [0.29, 0.717) is 19.5 Å². The lowest BCUT2D eigenvalue weighted by Gasteiger charge is -2.22. The normalized spacial score (nSPS) is 14.8. The maximum atomic E-state index is 12.6. The van der Waals surface area contributed by atoms with Crippen LogP contribution in [0.3, 0.4) is 0 Å². The standard InChI is InChI=1S/C26H26N2O4/c29-25-14-15-27(16-17-28(25)19-21-6-10-22(11-7-21)26(30)31)18-20-8-12-24(13-9-20)32-23-4-2-1-3-5-23/h1-13H,14-19H2,(H,30,31). The minimum absolute atomic E-state index is 0.126. The van der Waals surface area contributed by atoms with Crippen molar-refractivity contribution in [3.63, 3.8) is 0 Å². The van der Waals surface area contributed by atoms with Crippen molar-refractivity contribution in [1.82, 2.24) is 9.80 Å². The maximum Gasteiger partial charge on any atom is 0.335 e. The molecule has 1 N–H and O–H groups in total. The van der Waals surface area contributed by atoms with E-state index in [1.807, 2.05) is 47.4 Å². The van der Waals surface area contributed by atoms with Gasteiger partial charge < -0.3 is 14.7 Å². The Morgan fingerprint density at radius 1 is 0.781 bits per heavy atom. The highest BCUT2D eigenvalue weighted by molar-refractivity contribution is 5.87. The van der Waals surface area contributed by atoms with Crippen LogP contribution in [0.1, 0.15) is 27.9 Å². The van der Waals surface area contributed by atoms with E-state index in [1.54, 1.807) is 24.3 Å². The number of carbonyl (C=O) groups is 2. The summed E-state index contributed by atoms with van der Waals surface area (Å²) in [5.74, 6) is 0.786. The minimum Gasteiger partial charge on any atom is -0.478 e. The second-order valence-electron chi connectivity index (χ2n) is 7.90. The van der Waals surface area contributed by atoms with E-state index in [4.69, 9.17) is 9.84 Å². The smallest absolute Gasteiger partial charge is 0.335 e. The second-order valence-corrected chi connectivity index (χ2v) is 7.90. The molecule has 0 bridgehead atoms. The van der Waals surface area contributed by atoms with Crippen LogP contribution in [0.2, 0.25) is 0 Å². The lowest BCUT2D eigenvalue weighted by Crippen LogP contribution is -2.32. The fourth-order valence-electron chi connectivity index (χ4n) is 3.75. The molecule has 1 aliphatic rings. The highest BCUT2D eigenvalue weighted by Gasteiger charge is 2.21. The quantitative estimate of drug-likeness (QED) is 0.601. The van der Waals surface area contributed by atoms with Crippen molar-refractivity contribution in [3.8, 4) is 11.5 Å². The van der Waals surface area contributed by atoms with Crippen molar-refractivity contribution >= 4 is 11.9 Å². The third kappa shape index (κ3) is 5.74. The summed E-state index contributed by atoms with van der Waals surface area (Å²) in [5, 5.41) is 9.03. The van der Waals surface area contributed by atoms with Gasteiger partial charge in [-0.2, -0.15) is 0 Å². The zero-order valence-electron chi connectivity index (χ0n) is 17.8. The van der Waals surface area contributed by atoms with Crippen LogP contribution in [0, 0.1) is 0 Å². The van der Waals surface area contributed by atoms with Crippen molar-refractivity contribution in [3.05, 3.63) is 95.6 Å². The van der Waals surface area contributed by atoms with Crippen molar-refractivity contribution in [1.29, 1.82) is 0 Å². The molecule has 3 aromatic carbocycles. The Labute approximate surface area is 187 Å². The van der Waals surface area contributed by atoms with E-state index < -0.39 is 5.97 Å². The van der Waals surface area contributed by atoms with E-state index in [0.717, 1.165) is 36.7 Å². The molecule has 1 heterocycles. The number of para-hydroxylation sites is 1. The first kappa shape index (κ1) is 21.6. The Hall–Kier alpha value is -3.64. The summed E-state index contributed by atoms with van der Waals surface area (Å²) in [6, 6.07) is 24.5. The third-order valence-corrected chi connectivity index (χ3v) is 5.56. The molecule has 3 aromatic rings. The number of nitrogens with zero attached hydrogens (tertiary/aromatic N) is 2. The first-order valence-electron chi connectivity index (χ1n) is 10.7. The number of hydrogen-bond acceptors (Lipinski definition) is 4. The Balaban J connectivity index is 1.31. The summed E-state index contributed by atoms with van der Waals surface area (Å²) < 4.78 is 5.85. The Morgan fingerprint density at radius 2 is 1.41 bits per heavy atom. The van der Waals surface area contributed by atoms with Gasteiger partial charge in [0.15, 0.2) is 0 Å². The van der Waals surface area contributed by atoms with Crippen LogP contribution >= 0.6 is 0 Å². The summed E-state index contributed by atoms with van der Waals surface area (Å²) in [5.41, 5.74) is 2.36. The fourth-order valence-corrected chi connectivity index (χ4v) is 3.75. The van der Waals surface area contributed by atoms with E-state index >= 15 is 0 Å². The third-order valence-electron chi connectivity index (χ3n) is 5.56. The van der Waals surface area contributed by atoms with Gasteiger partial charge in [0.25, 0.3) is 0 Å². The van der Waals surface area contributed by atoms with Gasteiger partial charge in [0.05, 0.1) is 5.56 Å². The molecule has 1 saturated heterocycles. The number of aromatic carboxylic acids is 1. The molecule has 0 unspecified atom stereocenters. The Kier molecular flexibility index (Phi) is 6.82. The average molecular weight is 431 g/mol. The van der Waals surface area contributed by atoms with Crippen LogP contribution in [-0.4, -0.2) is 46.4 Å². The van der Waals surface area contributed by atoms with Crippen molar-refractivity contribution in [2.24, 2.45) is 0 Å². The summed E-state index contributed by atoms with van der Waals surface area (Å²) in [4.78, 5) is 27.8. The highest BCUT2D eigenvalue weighted by atomic mass is 16.5. The zero-order valence-corrected chi connectivity index (χ0v) is 17.8. The predicted octanol–water partition coefficient (Wildman–Crippen LogP) is 4.41. The van der Waals surface area contributed by atoms with Crippen LogP contribution in [-0.2, 0) is 17.9 Å². The molecular weight excluding hydrogens is 404 g/mol. The van der Waals surface area contributed by atoms with Gasteiger partial charge in [0.2, 0.25) is 5.91 Å². The van der Waals surface area contributed by atoms with Gasteiger partial charge in [-0.3, -0.25) is 9.69 Å². The molecule has 0 spiro atoms.